The van der Waals surface area contributed by atoms with Gasteiger partial charge in [0, 0.05) is 12.8 Å². The van der Waals surface area contributed by atoms with Crippen LogP contribution in [-0.2, 0) is 14.2 Å². The molecule has 0 spiro atoms. The fraction of sp³-hybridized carbons (Fsp3) is 1.00. The number of aliphatic hydroxyl groups excluding tert-OH is 5. The molecule has 5 N–H and O–H groups in total. The maximum absolute atomic E-state index is 9.85. The summed E-state index contributed by atoms with van der Waals surface area (Å²) >= 11 is 0. The zero-order valence-electron chi connectivity index (χ0n) is 11.0. The Morgan fingerprint density at radius 2 is 1.65 bits per heavy atom. The van der Waals surface area contributed by atoms with Gasteiger partial charge in [0.1, 0.15) is 12.2 Å². The quantitative estimate of drug-likeness (QED) is 0.380. The minimum atomic E-state index is -1.25. The highest BCUT2D eigenvalue weighted by Crippen LogP contribution is 2.26. The second-order valence-corrected chi connectivity index (χ2v) is 5.22. The predicted octanol–water partition coefficient (Wildman–Crippen LogP) is -2.66. The van der Waals surface area contributed by atoms with E-state index in [1.165, 1.54) is 0 Å². The van der Waals surface area contributed by atoms with Crippen molar-refractivity contribution in [3.63, 3.8) is 0 Å². The fourth-order valence-electron chi connectivity index (χ4n) is 2.42. The largest absolute Gasteiger partial charge is 0.394 e. The number of rotatable bonds is 4. The van der Waals surface area contributed by atoms with E-state index in [2.05, 4.69) is 0 Å². The first-order valence-electron chi connectivity index (χ1n) is 6.73. The van der Waals surface area contributed by atoms with Gasteiger partial charge in [0.05, 0.1) is 44.2 Å². The van der Waals surface area contributed by atoms with Gasteiger partial charge in [-0.1, -0.05) is 0 Å². The van der Waals surface area contributed by atoms with Gasteiger partial charge in [-0.25, -0.2) is 0 Å². The van der Waals surface area contributed by atoms with Gasteiger partial charge in [-0.3, -0.25) is 0 Å². The molecular weight excluding hydrogens is 272 g/mol. The minimum absolute atomic E-state index is 0.0185. The molecule has 8 heteroatoms. The molecule has 0 bridgehead atoms. The molecule has 0 aliphatic carbocycles. The molecule has 2 heterocycles. The lowest BCUT2D eigenvalue weighted by atomic mass is 10.0. The van der Waals surface area contributed by atoms with Crippen molar-refractivity contribution in [2.45, 2.75) is 55.8 Å². The van der Waals surface area contributed by atoms with Crippen LogP contribution in [0.1, 0.15) is 12.8 Å². The van der Waals surface area contributed by atoms with Crippen molar-refractivity contribution >= 4 is 0 Å². The first-order valence-corrected chi connectivity index (χ1v) is 6.73. The van der Waals surface area contributed by atoms with E-state index in [9.17, 15) is 15.3 Å². The summed E-state index contributed by atoms with van der Waals surface area (Å²) in [6, 6.07) is 0. The molecule has 0 saturated carbocycles. The zero-order valence-corrected chi connectivity index (χ0v) is 11.0. The van der Waals surface area contributed by atoms with Crippen molar-refractivity contribution in [2.24, 2.45) is 0 Å². The summed E-state index contributed by atoms with van der Waals surface area (Å²) in [6.07, 6.45) is -5.71. The smallest absolute Gasteiger partial charge is 0.186 e. The first kappa shape index (κ1) is 16.1. The molecule has 0 amide bonds. The van der Waals surface area contributed by atoms with Gasteiger partial charge in [0.2, 0.25) is 0 Å². The third-order valence-corrected chi connectivity index (χ3v) is 3.65. The van der Waals surface area contributed by atoms with Gasteiger partial charge in [0.15, 0.2) is 6.29 Å². The number of ether oxygens (including phenoxy) is 3. The lowest BCUT2D eigenvalue weighted by molar-refractivity contribution is -0.302. The van der Waals surface area contributed by atoms with Crippen LogP contribution in [0.3, 0.4) is 0 Å². The second-order valence-electron chi connectivity index (χ2n) is 5.22. The number of hydrogen-bond acceptors (Lipinski definition) is 8. The summed E-state index contributed by atoms with van der Waals surface area (Å²) in [7, 11) is 0. The first-order chi connectivity index (χ1) is 9.55. The summed E-state index contributed by atoms with van der Waals surface area (Å²) in [4.78, 5) is 0. The Kier molecular flexibility index (Phi) is 5.70. The van der Waals surface area contributed by atoms with E-state index in [1.807, 2.05) is 0 Å². The van der Waals surface area contributed by atoms with Crippen molar-refractivity contribution in [2.75, 3.05) is 19.8 Å². The molecule has 0 aromatic heterocycles. The molecule has 0 unspecified atom stereocenters. The van der Waals surface area contributed by atoms with Gasteiger partial charge < -0.3 is 39.7 Å². The molecule has 2 fully saturated rings. The van der Waals surface area contributed by atoms with E-state index < -0.39 is 42.9 Å². The Bertz CT molecular complexity index is 301. The zero-order chi connectivity index (χ0) is 14.7. The van der Waals surface area contributed by atoms with Crippen LogP contribution in [0.5, 0.6) is 0 Å². The summed E-state index contributed by atoms with van der Waals surface area (Å²) in [5.41, 5.74) is 0. The van der Waals surface area contributed by atoms with Gasteiger partial charge in [0.25, 0.3) is 0 Å². The molecule has 118 valence electrons. The van der Waals surface area contributed by atoms with Crippen molar-refractivity contribution in [1.29, 1.82) is 0 Å². The fourth-order valence-corrected chi connectivity index (χ4v) is 2.42. The summed E-state index contributed by atoms with van der Waals surface area (Å²) in [6.45, 7) is -0.466. The van der Waals surface area contributed by atoms with Crippen LogP contribution in [0.4, 0.5) is 0 Å². The topological polar surface area (TPSA) is 129 Å². The van der Waals surface area contributed by atoms with E-state index in [1.54, 1.807) is 0 Å². The Balaban J connectivity index is 1.95. The summed E-state index contributed by atoms with van der Waals surface area (Å²) in [5.74, 6) is 0. The SMILES string of the molecule is OC[C@@H]1C[C@H](O[C@H]2O[C@H](CO)C[C@H](O)[C@@H]2O)[C@H](O)CO1. The Labute approximate surface area is 116 Å². The molecule has 2 saturated heterocycles. The van der Waals surface area contributed by atoms with Gasteiger partial charge in [-0.2, -0.15) is 0 Å². The molecule has 2 rings (SSSR count). The van der Waals surface area contributed by atoms with Crippen LogP contribution >= 0.6 is 0 Å². The Morgan fingerprint density at radius 1 is 0.950 bits per heavy atom. The standard InChI is InChI=1S/C12H22O8/c13-3-6-2-10(9(16)5-18-6)20-12-11(17)8(15)1-7(4-14)19-12/h6-17H,1-5H2/t6-,7-,8-,9+,10-,11-,12+/m0/s1. The van der Waals surface area contributed by atoms with E-state index in [0.29, 0.717) is 0 Å². The number of hydrogen-bond donors (Lipinski definition) is 5. The molecule has 0 radical (unpaired) electrons. The van der Waals surface area contributed by atoms with Crippen LogP contribution < -0.4 is 0 Å². The highest BCUT2D eigenvalue weighted by atomic mass is 16.7. The van der Waals surface area contributed by atoms with Crippen molar-refractivity contribution in [3.05, 3.63) is 0 Å². The van der Waals surface area contributed by atoms with Crippen molar-refractivity contribution in [3.8, 4) is 0 Å². The molecule has 20 heavy (non-hydrogen) atoms. The maximum atomic E-state index is 9.85. The van der Waals surface area contributed by atoms with Crippen LogP contribution in [0.25, 0.3) is 0 Å². The highest BCUT2D eigenvalue weighted by molar-refractivity contribution is 4.84. The van der Waals surface area contributed by atoms with Gasteiger partial charge in [-0.15, -0.1) is 0 Å². The summed E-state index contributed by atoms with van der Waals surface area (Å²) < 4.78 is 16.0. The Morgan fingerprint density at radius 3 is 2.30 bits per heavy atom. The van der Waals surface area contributed by atoms with Crippen molar-refractivity contribution < 1.29 is 39.7 Å². The molecule has 2 aliphatic rings. The molecule has 7 atom stereocenters. The molecule has 0 aromatic rings. The molecule has 2 aliphatic heterocycles. The van der Waals surface area contributed by atoms with E-state index in [0.717, 1.165) is 0 Å². The molecule has 0 aromatic carbocycles. The monoisotopic (exact) mass is 294 g/mol. The highest BCUT2D eigenvalue weighted by Gasteiger charge is 2.41. The third kappa shape index (κ3) is 3.66. The van der Waals surface area contributed by atoms with E-state index in [4.69, 9.17) is 24.4 Å². The van der Waals surface area contributed by atoms with Crippen LogP contribution in [0, 0.1) is 0 Å². The molecular formula is C12H22O8. The Hall–Kier alpha value is -0.320. The second kappa shape index (κ2) is 7.10. The van der Waals surface area contributed by atoms with E-state index in [-0.39, 0.29) is 32.7 Å². The lowest BCUT2D eigenvalue weighted by Crippen LogP contribution is -2.54. The normalized spacial score (nSPS) is 46.4. The van der Waals surface area contributed by atoms with Crippen LogP contribution in [-0.4, -0.2) is 88.3 Å². The summed E-state index contributed by atoms with van der Waals surface area (Å²) in [5, 5.41) is 47.5. The lowest BCUT2D eigenvalue weighted by Gasteiger charge is -2.40. The van der Waals surface area contributed by atoms with Gasteiger partial charge >= 0.3 is 0 Å². The molecule has 8 nitrogen and oxygen atoms in total. The minimum Gasteiger partial charge on any atom is -0.394 e. The maximum Gasteiger partial charge on any atom is 0.186 e. The predicted molar refractivity (Wildman–Crippen MR) is 64.7 cm³/mol. The average Bonchev–Trinajstić information content (AvgIpc) is 2.45. The average molecular weight is 294 g/mol. The van der Waals surface area contributed by atoms with E-state index >= 15 is 0 Å². The van der Waals surface area contributed by atoms with Crippen LogP contribution in [0.2, 0.25) is 0 Å². The van der Waals surface area contributed by atoms with Crippen molar-refractivity contribution in [1.82, 2.24) is 0 Å². The van der Waals surface area contributed by atoms with Crippen LogP contribution in [0.15, 0.2) is 0 Å². The number of aliphatic hydroxyl groups is 5. The third-order valence-electron chi connectivity index (χ3n) is 3.65. The van der Waals surface area contributed by atoms with Gasteiger partial charge in [-0.05, 0) is 0 Å².